The summed E-state index contributed by atoms with van der Waals surface area (Å²) in [6.07, 6.45) is 3.29. The fraction of sp³-hybridized carbons (Fsp3) is 0.200. The molecule has 2 aromatic heterocycles. The maximum Gasteiger partial charge on any atom is 0.247 e. The number of aryl methyl sites for hydroxylation is 1. The van der Waals surface area contributed by atoms with Gasteiger partial charge in [0.2, 0.25) is 5.91 Å². The molecule has 0 aliphatic carbocycles. The van der Waals surface area contributed by atoms with Gasteiger partial charge in [-0.05, 0) is 18.6 Å². The molecule has 0 atom stereocenters. The largest absolute Gasteiger partial charge is 0.300 e. The van der Waals surface area contributed by atoms with Crippen molar-refractivity contribution in [1.29, 1.82) is 0 Å². The molecule has 0 aliphatic heterocycles. The van der Waals surface area contributed by atoms with Crippen LogP contribution in [-0.4, -0.2) is 25.7 Å². The Morgan fingerprint density at radius 3 is 2.96 bits per heavy atom. The zero-order chi connectivity index (χ0) is 16.2. The number of amides is 1. The molecule has 0 spiro atoms. The molecule has 1 N–H and O–H groups in total. The van der Waals surface area contributed by atoms with E-state index in [1.807, 2.05) is 6.92 Å². The standard InChI is InChI=1S/C15H14FN5OS/c1-10-13(6-11-4-2-3-5-12(11)16)23-15(19-10)20-14(22)7-21-9-17-8-18-21/h2-5,8-9H,6-7H2,1H3,(H,19,20,22). The first kappa shape index (κ1) is 15.3. The third kappa shape index (κ3) is 3.78. The van der Waals surface area contributed by atoms with Crippen molar-refractivity contribution in [3.63, 3.8) is 0 Å². The summed E-state index contributed by atoms with van der Waals surface area (Å²) in [6.45, 7) is 1.92. The lowest BCUT2D eigenvalue weighted by atomic mass is 10.1. The van der Waals surface area contributed by atoms with E-state index in [0.29, 0.717) is 17.1 Å². The van der Waals surface area contributed by atoms with Crippen LogP contribution in [0.15, 0.2) is 36.9 Å². The highest BCUT2D eigenvalue weighted by atomic mass is 32.1. The molecular formula is C15H14FN5OS. The SMILES string of the molecule is Cc1nc(NC(=O)Cn2cncn2)sc1Cc1ccccc1F. The molecule has 2 heterocycles. The average Bonchev–Trinajstić information content (AvgIpc) is 3.12. The molecule has 6 nitrogen and oxygen atoms in total. The molecule has 3 aromatic rings. The van der Waals surface area contributed by atoms with E-state index < -0.39 is 0 Å². The van der Waals surface area contributed by atoms with Crippen LogP contribution >= 0.6 is 11.3 Å². The van der Waals surface area contributed by atoms with Gasteiger partial charge in [0, 0.05) is 11.3 Å². The quantitative estimate of drug-likeness (QED) is 0.779. The summed E-state index contributed by atoms with van der Waals surface area (Å²) in [5, 5.41) is 7.10. The molecule has 0 unspecified atom stereocenters. The molecule has 0 bridgehead atoms. The fourth-order valence-corrected chi connectivity index (χ4v) is 3.08. The normalized spacial score (nSPS) is 10.7. The third-order valence-corrected chi connectivity index (χ3v) is 4.29. The second kappa shape index (κ2) is 6.66. The Balaban J connectivity index is 1.68. The lowest BCUT2D eigenvalue weighted by molar-refractivity contribution is -0.116. The summed E-state index contributed by atoms with van der Waals surface area (Å²) in [6, 6.07) is 6.65. The van der Waals surface area contributed by atoms with Crippen LogP contribution in [0, 0.1) is 12.7 Å². The number of nitrogens with one attached hydrogen (secondary N) is 1. The maximum atomic E-state index is 13.7. The minimum absolute atomic E-state index is 0.0707. The van der Waals surface area contributed by atoms with Gasteiger partial charge in [-0.15, -0.1) is 11.3 Å². The highest BCUT2D eigenvalue weighted by Crippen LogP contribution is 2.26. The zero-order valence-electron chi connectivity index (χ0n) is 12.4. The number of hydrogen-bond donors (Lipinski definition) is 1. The molecule has 118 valence electrons. The number of thiazole rings is 1. The molecule has 3 rings (SSSR count). The minimum atomic E-state index is -0.239. The highest BCUT2D eigenvalue weighted by molar-refractivity contribution is 7.15. The molecule has 0 aliphatic rings. The van der Waals surface area contributed by atoms with E-state index in [-0.39, 0.29) is 18.3 Å². The smallest absolute Gasteiger partial charge is 0.247 e. The first-order valence-corrected chi connectivity index (χ1v) is 7.75. The van der Waals surface area contributed by atoms with Crippen molar-refractivity contribution in [1.82, 2.24) is 19.7 Å². The van der Waals surface area contributed by atoms with Crippen LogP contribution in [0.5, 0.6) is 0 Å². The highest BCUT2D eigenvalue weighted by Gasteiger charge is 2.13. The van der Waals surface area contributed by atoms with Crippen LogP contribution in [-0.2, 0) is 17.8 Å². The maximum absolute atomic E-state index is 13.7. The van der Waals surface area contributed by atoms with Crippen molar-refractivity contribution >= 4 is 22.4 Å². The number of nitrogens with zero attached hydrogens (tertiary/aromatic N) is 4. The summed E-state index contributed by atoms with van der Waals surface area (Å²) >= 11 is 1.35. The van der Waals surface area contributed by atoms with E-state index in [1.54, 1.807) is 18.2 Å². The molecule has 0 saturated heterocycles. The van der Waals surface area contributed by atoms with Crippen LogP contribution in [0.4, 0.5) is 9.52 Å². The zero-order valence-corrected chi connectivity index (χ0v) is 13.2. The summed E-state index contributed by atoms with van der Waals surface area (Å²) in [7, 11) is 0. The Labute approximate surface area is 136 Å². The number of carbonyl (C=O) groups is 1. The van der Waals surface area contributed by atoms with Crippen LogP contribution in [0.2, 0.25) is 0 Å². The molecule has 1 amide bonds. The summed E-state index contributed by atoms with van der Waals surface area (Å²) in [5.74, 6) is -0.473. The van der Waals surface area contributed by atoms with Crippen LogP contribution in [0.1, 0.15) is 16.1 Å². The van der Waals surface area contributed by atoms with Gasteiger partial charge in [0.05, 0.1) is 5.69 Å². The van der Waals surface area contributed by atoms with Crippen molar-refractivity contribution in [3.8, 4) is 0 Å². The minimum Gasteiger partial charge on any atom is -0.300 e. The Hall–Kier alpha value is -2.61. The number of aromatic nitrogens is 4. The number of benzene rings is 1. The second-order valence-corrected chi connectivity index (χ2v) is 6.02. The van der Waals surface area contributed by atoms with Gasteiger partial charge in [-0.25, -0.2) is 19.0 Å². The third-order valence-electron chi connectivity index (χ3n) is 3.22. The van der Waals surface area contributed by atoms with Crippen molar-refractivity contribution in [2.75, 3.05) is 5.32 Å². The predicted molar refractivity (Wildman–Crippen MR) is 84.7 cm³/mol. The first-order valence-electron chi connectivity index (χ1n) is 6.94. The first-order chi connectivity index (χ1) is 11.1. The van der Waals surface area contributed by atoms with Gasteiger partial charge < -0.3 is 5.32 Å². The Bertz CT molecular complexity index is 815. The van der Waals surface area contributed by atoms with Crippen LogP contribution in [0.25, 0.3) is 0 Å². The van der Waals surface area contributed by atoms with Crippen molar-refractivity contribution < 1.29 is 9.18 Å². The topological polar surface area (TPSA) is 72.7 Å². The van der Waals surface area contributed by atoms with Gasteiger partial charge in [-0.1, -0.05) is 18.2 Å². The van der Waals surface area contributed by atoms with Crippen molar-refractivity contribution in [3.05, 3.63) is 58.9 Å². The van der Waals surface area contributed by atoms with E-state index in [2.05, 4.69) is 20.4 Å². The fourth-order valence-electron chi connectivity index (χ4n) is 2.08. The number of hydrogen-bond acceptors (Lipinski definition) is 5. The Morgan fingerprint density at radius 2 is 2.22 bits per heavy atom. The van der Waals surface area contributed by atoms with Gasteiger partial charge in [0.15, 0.2) is 5.13 Å². The number of anilines is 1. The Kier molecular flexibility index (Phi) is 4.42. The lowest BCUT2D eigenvalue weighted by Gasteiger charge is -2.01. The molecule has 8 heteroatoms. The van der Waals surface area contributed by atoms with Crippen LogP contribution < -0.4 is 5.32 Å². The summed E-state index contributed by atoms with van der Waals surface area (Å²) in [5.41, 5.74) is 1.40. The van der Waals surface area contributed by atoms with E-state index in [4.69, 9.17) is 0 Å². The Morgan fingerprint density at radius 1 is 1.39 bits per heavy atom. The number of carbonyl (C=O) groups excluding carboxylic acids is 1. The monoisotopic (exact) mass is 331 g/mol. The summed E-state index contributed by atoms with van der Waals surface area (Å²) in [4.78, 5) is 20.9. The molecule has 0 radical (unpaired) electrons. The second-order valence-electron chi connectivity index (χ2n) is 4.94. The van der Waals surface area contributed by atoms with Gasteiger partial charge >= 0.3 is 0 Å². The van der Waals surface area contributed by atoms with Gasteiger partial charge in [0.25, 0.3) is 0 Å². The lowest BCUT2D eigenvalue weighted by Crippen LogP contribution is -2.18. The van der Waals surface area contributed by atoms with Gasteiger partial charge in [-0.3, -0.25) is 4.79 Å². The van der Waals surface area contributed by atoms with E-state index >= 15 is 0 Å². The molecule has 1 aromatic carbocycles. The molecule has 23 heavy (non-hydrogen) atoms. The van der Waals surface area contributed by atoms with Crippen LogP contribution in [0.3, 0.4) is 0 Å². The molecule has 0 fully saturated rings. The summed E-state index contributed by atoms with van der Waals surface area (Å²) < 4.78 is 15.2. The molecular weight excluding hydrogens is 317 g/mol. The van der Waals surface area contributed by atoms with Gasteiger partial charge in [0.1, 0.15) is 25.0 Å². The predicted octanol–water partition coefficient (Wildman–Crippen LogP) is 2.41. The van der Waals surface area contributed by atoms with E-state index in [1.165, 1.54) is 34.7 Å². The number of rotatable bonds is 5. The molecule has 0 saturated carbocycles. The van der Waals surface area contributed by atoms with Gasteiger partial charge in [-0.2, -0.15) is 5.10 Å². The van der Waals surface area contributed by atoms with E-state index in [0.717, 1.165) is 10.6 Å². The van der Waals surface area contributed by atoms with Crippen molar-refractivity contribution in [2.24, 2.45) is 0 Å². The average molecular weight is 331 g/mol. The van der Waals surface area contributed by atoms with Crippen molar-refractivity contribution in [2.45, 2.75) is 19.9 Å². The number of halogens is 1. The van der Waals surface area contributed by atoms with E-state index in [9.17, 15) is 9.18 Å².